The summed E-state index contributed by atoms with van der Waals surface area (Å²) < 4.78 is 10.7. The molecule has 0 aromatic carbocycles. The Balaban J connectivity index is 3.61. The standard InChI is InChI=1S/C27H52O4S/c1-3-5-7-9-11-13-14-16-18-20-22-27(29)31-25(24-32)23-30-26(28)21-19-17-15-12-10-8-6-4-2/h25,32H,3-24H2,1-2H3/t25-/m1/s1. The van der Waals surface area contributed by atoms with Gasteiger partial charge in [0.05, 0.1) is 0 Å². The second kappa shape index (κ2) is 24.9. The van der Waals surface area contributed by atoms with E-state index >= 15 is 0 Å². The smallest absolute Gasteiger partial charge is 0.306 e. The molecule has 0 radical (unpaired) electrons. The molecule has 0 saturated carbocycles. The lowest BCUT2D eigenvalue weighted by molar-refractivity contribution is -0.157. The van der Waals surface area contributed by atoms with Crippen molar-refractivity contribution in [1.82, 2.24) is 0 Å². The molecule has 0 rings (SSSR count). The molecule has 0 heterocycles. The van der Waals surface area contributed by atoms with Gasteiger partial charge in [0.2, 0.25) is 0 Å². The fourth-order valence-electron chi connectivity index (χ4n) is 3.79. The van der Waals surface area contributed by atoms with Crippen molar-refractivity contribution >= 4 is 24.6 Å². The lowest BCUT2D eigenvalue weighted by Gasteiger charge is -2.16. The molecule has 0 aliphatic carbocycles. The third kappa shape index (κ3) is 22.5. The molecule has 32 heavy (non-hydrogen) atoms. The summed E-state index contributed by atoms with van der Waals surface area (Å²) in [7, 11) is 0. The summed E-state index contributed by atoms with van der Waals surface area (Å²) in [5, 5.41) is 0. The van der Waals surface area contributed by atoms with Gasteiger partial charge in [-0.1, -0.05) is 117 Å². The Hall–Kier alpha value is -0.710. The third-order valence-electron chi connectivity index (χ3n) is 5.90. The van der Waals surface area contributed by atoms with Crippen LogP contribution in [-0.2, 0) is 19.1 Å². The van der Waals surface area contributed by atoms with Gasteiger partial charge in [-0.25, -0.2) is 0 Å². The van der Waals surface area contributed by atoms with E-state index in [1.165, 1.54) is 89.9 Å². The Morgan fingerprint density at radius 3 is 1.38 bits per heavy atom. The number of carbonyl (C=O) groups excluding carboxylic acids is 2. The topological polar surface area (TPSA) is 52.6 Å². The van der Waals surface area contributed by atoms with Crippen LogP contribution in [0.4, 0.5) is 0 Å². The summed E-state index contributed by atoms with van der Waals surface area (Å²) in [5.74, 6) is -0.0364. The molecule has 0 bridgehead atoms. The molecule has 0 saturated heterocycles. The molecule has 0 amide bonds. The van der Waals surface area contributed by atoms with Crippen molar-refractivity contribution in [3.8, 4) is 0 Å². The van der Waals surface area contributed by atoms with E-state index in [-0.39, 0.29) is 18.5 Å². The molecule has 0 spiro atoms. The van der Waals surface area contributed by atoms with Crippen LogP contribution in [0.15, 0.2) is 0 Å². The summed E-state index contributed by atoms with van der Waals surface area (Å²) in [6, 6.07) is 0. The molecule has 0 unspecified atom stereocenters. The minimum absolute atomic E-state index is 0.114. The van der Waals surface area contributed by atoms with Gasteiger partial charge in [-0.3, -0.25) is 9.59 Å². The predicted octanol–water partition coefficient (Wildman–Crippen LogP) is 8.21. The highest BCUT2D eigenvalue weighted by Crippen LogP contribution is 2.13. The molecule has 0 aromatic rings. The zero-order valence-electron chi connectivity index (χ0n) is 21.2. The van der Waals surface area contributed by atoms with Crippen LogP contribution in [0, 0.1) is 0 Å². The first-order chi connectivity index (χ1) is 15.6. The predicted molar refractivity (Wildman–Crippen MR) is 138 cm³/mol. The molecular weight excluding hydrogens is 420 g/mol. The monoisotopic (exact) mass is 472 g/mol. The molecule has 4 nitrogen and oxygen atoms in total. The Labute approximate surface area is 204 Å². The second-order valence-corrected chi connectivity index (χ2v) is 9.50. The number of ether oxygens (including phenoxy) is 2. The van der Waals surface area contributed by atoms with Crippen molar-refractivity contribution in [3.63, 3.8) is 0 Å². The summed E-state index contributed by atoms with van der Waals surface area (Å²) in [6.45, 7) is 4.58. The van der Waals surface area contributed by atoms with Crippen LogP contribution in [0.3, 0.4) is 0 Å². The lowest BCUT2D eigenvalue weighted by atomic mass is 10.1. The number of rotatable bonds is 24. The van der Waals surface area contributed by atoms with E-state index < -0.39 is 6.10 Å². The number of carbonyl (C=O) groups is 2. The average Bonchev–Trinajstić information content (AvgIpc) is 2.79. The highest BCUT2D eigenvalue weighted by molar-refractivity contribution is 7.80. The Morgan fingerprint density at radius 2 is 0.969 bits per heavy atom. The molecular formula is C27H52O4S. The van der Waals surface area contributed by atoms with Crippen molar-refractivity contribution < 1.29 is 19.1 Å². The lowest BCUT2D eigenvalue weighted by Crippen LogP contribution is -2.26. The Kier molecular flexibility index (Phi) is 24.4. The fraction of sp³-hybridized carbons (Fsp3) is 0.926. The summed E-state index contributed by atoms with van der Waals surface area (Å²) in [4.78, 5) is 23.9. The Morgan fingerprint density at radius 1 is 0.594 bits per heavy atom. The molecule has 190 valence electrons. The molecule has 0 fully saturated rings. The van der Waals surface area contributed by atoms with E-state index in [0.717, 1.165) is 25.7 Å². The van der Waals surface area contributed by atoms with E-state index in [2.05, 4.69) is 26.5 Å². The van der Waals surface area contributed by atoms with E-state index in [1.807, 2.05) is 0 Å². The Bertz CT molecular complexity index is 428. The van der Waals surface area contributed by atoms with Gasteiger partial charge in [-0.05, 0) is 12.8 Å². The maximum Gasteiger partial charge on any atom is 0.306 e. The zero-order chi connectivity index (χ0) is 23.7. The van der Waals surface area contributed by atoms with Gasteiger partial charge in [0.1, 0.15) is 12.7 Å². The number of esters is 2. The maximum absolute atomic E-state index is 12.0. The van der Waals surface area contributed by atoms with E-state index in [9.17, 15) is 9.59 Å². The maximum atomic E-state index is 12.0. The van der Waals surface area contributed by atoms with Gasteiger partial charge in [0.15, 0.2) is 0 Å². The number of thiol groups is 1. The van der Waals surface area contributed by atoms with E-state index in [0.29, 0.717) is 18.6 Å². The van der Waals surface area contributed by atoms with Crippen molar-refractivity contribution in [2.45, 2.75) is 148 Å². The second-order valence-electron chi connectivity index (χ2n) is 9.13. The zero-order valence-corrected chi connectivity index (χ0v) is 22.1. The van der Waals surface area contributed by atoms with Crippen LogP contribution >= 0.6 is 12.6 Å². The van der Waals surface area contributed by atoms with Crippen molar-refractivity contribution in [2.75, 3.05) is 12.4 Å². The fourth-order valence-corrected chi connectivity index (χ4v) is 3.97. The molecule has 0 N–H and O–H groups in total. The summed E-state index contributed by atoms with van der Waals surface area (Å²) >= 11 is 4.24. The molecule has 5 heteroatoms. The van der Waals surface area contributed by atoms with Gasteiger partial charge in [0.25, 0.3) is 0 Å². The van der Waals surface area contributed by atoms with Crippen molar-refractivity contribution in [3.05, 3.63) is 0 Å². The van der Waals surface area contributed by atoms with Crippen LogP contribution in [0.5, 0.6) is 0 Å². The summed E-state index contributed by atoms with van der Waals surface area (Å²) in [6.07, 6.45) is 22.4. The highest BCUT2D eigenvalue weighted by Gasteiger charge is 2.15. The number of hydrogen-bond acceptors (Lipinski definition) is 5. The summed E-state index contributed by atoms with van der Waals surface area (Å²) in [5.41, 5.74) is 0. The van der Waals surface area contributed by atoms with E-state index in [4.69, 9.17) is 9.47 Å². The van der Waals surface area contributed by atoms with Crippen LogP contribution < -0.4 is 0 Å². The van der Waals surface area contributed by atoms with Crippen LogP contribution in [0.25, 0.3) is 0 Å². The molecule has 0 aliphatic heterocycles. The van der Waals surface area contributed by atoms with Crippen LogP contribution in [-0.4, -0.2) is 30.4 Å². The SMILES string of the molecule is CCCCCCCCCCCCC(=O)O[C@@H](CS)COC(=O)CCCCCCCCCC. The van der Waals surface area contributed by atoms with Crippen molar-refractivity contribution in [2.24, 2.45) is 0 Å². The molecule has 1 atom stereocenters. The number of unbranched alkanes of at least 4 members (excludes halogenated alkanes) is 16. The minimum atomic E-state index is -0.448. The van der Waals surface area contributed by atoms with E-state index in [1.54, 1.807) is 0 Å². The van der Waals surface area contributed by atoms with Gasteiger partial charge in [-0.2, -0.15) is 12.6 Å². The van der Waals surface area contributed by atoms with Gasteiger partial charge in [-0.15, -0.1) is 0 Å². The van der Waals surface area contributed by atoms with Crippen molar-refractivity contribution in [1.29, 1.82) is 0 Å². The average molecular weight is 473 g/mol. The van der Waals surface area contributed by atoms with Crippen LogP contribution in [0.1, 0.15) is 142 Å². The third-order valence-corrected chi connectivity index (χ3v) is 6.31. The van der Waals surface area contributed by atoms with Gasteiger partial charge < -0.3 is 9.47 Å². The normalized spacial score (nSPS) is 12.0. The van der Waals surface area contributed by atoms with Crippen LogP contribution in [0.2, 0.25) is 0 Å². The first-order valence-corrected chi connectivity index (χ1v) is 14.2. The highest BCUT2D eigenvalue weighted by atomic mass is 32.1. The largest absolute Gasteiger partial charge is 0.462 e. The number of hydrogen-bond donors (Lipinski definition) is 1. The molecule has 0 aromatic heterocycles. The quantitative estimate of drug-likeness (QED) is 0.0873. The van der Waals surface area contributed by atoms with Gasteiger partial charge in [0, 0.05) is 18.6 Å². The first-order valence-electron chi connectivity index (χ1n) is 13.6. The molecule has 0 aliphatic rings. The minimum Gasteiger partial charge on any atom is -0.462 e. The first kappa shape index (κ1) is 31.3. The van der Waals surface area contributed by atoms with Gasteiger partial charge >= 0.3 is 11.9 Å².